The summed E-state index contributed by atoms with van der Waals surface area (Å²) in [5, 5.41) is -4.19. The summed E-state index contributed by atoms with van der Waals surface area (Å²) < 4.78 is 76.8. The standard InChI is InChI=1S/C30H43F2N3O5S2/c1-28(2,3)40-27(36)35-21-13-14-22-19-20-23(33-26(22)35)15-11-12-18-25(34(7)41(37)29(4,5)6)30(31,32)42(38,39)24-16-9-8-10-17-24/h8-10,16-17,19-20,25H,11-15,18,21H2,1-7H3/t25-,41?/m1/s1. The number of carbonyl (C=O) groups excluding carboxylic acids is 1. The Hall–Kier alpha value is -2.28. The summed E-state index contributed by atoms with van der Waals surface area (Å²) in [5.74, 6) is 0.548. The number of halogens is 2. The number of anilines is 1. The van der Waals surface area contributed by atoms with E-state index in [1.807, 2.05) is 12.1 Å². The number of pyridine rings is 1. The Morgan fingerprint density at radius 2 is 1.74 bits per heavy atom. The summed E-state index contributed by atoms with van der Waals surface area (Å²) in [6.45, 7) is 10.9. The quantitative estimate of drug-likeness (QED) is 0.225. The molecule has 0 aliphatic carbocycles. The molecule has 1 aliphatic rings. The van der Waals surface area contributed by atoms with Gasteiger partial charge in [0.25, 0.3) is 0 Å². The minimum atomic E-state index is -5.06. The maximum Gasteiger partial charge on any atom is 0.416 e. The maximum absolute atomic E-state index is 15.9. The lowest BCUT2D eigenvalue weighted by Gasteiger charge is -2.37. The van der Waals surface area contributed by atoms with Gasteiger partial charge in [0.15, 0.2) is 0 Å². The molecule has 0 bridgehead atoms. The number of hydrogen-bond acceptors (Lipinski definition) is 7. The molecule has 0 radical (unpaired) electrons. The van der Waals surface area contributed by atoms with Crippen molar-refractivity contribution >= 4 is 33.1 Å². The Labute approximate surface area is 252 Å². The van der Waals surface area contributed by atoms with E-state index in [2.05, 4.69) is 0 Å². The Balaban J connectivity index is 1.78. The number of ether oxygens (including phenoxy) is 1. The molecule has 1 aromatic heterocycles. The van der Waals surface area contributed by atoms with Crippen LogP contribution in [0.3, 0.4) is 0 Å². The molecule has 2 aromatic rings. The predicted molar refractivity (Wildman–Crippen MR) is 162 cm³/mol. The van der Waals surface area contributed by atoms with Crippen molar-refractivity contribution < 1.29 is 31.3 Å². The van der Waals surface area contributed by atoms with E-state index in [-0.39, 0.29) is 12.8 Å². The lowest BCUT2D eigenvalue weighted by molar-refractivity contribution is 0.0178. The number of carbonyl (C=O) groups is 1. The molecule has 8 nitrogen and oxygen atoms in total. The molecule has 1 aliphatic heterocycles. The molecule has 1 aromatic carbocycles. The third-order valence-corrected chi connectivity index (χ3v) is 10.6. The SMILES string of the molecule is CN([C@H](CCCCc1ccc2c(n1)N(C(=O)OC(C)(C)C)CCC2)C(F)(F)S(=O)(=O)c1ccccc1)[S+]([O-])C(C)(C)C. The predicted octanol–water partition coefficient (Wildman–Crippen LogP) is 6.31. The molecular weight excluding hydrogens is 584 g/mol. The fraction of sp³-hybridized carbons (Fsp3) is 0.600. The van der Waals surface area contributed by atoms with E-state index < -0.39 is 53.8 Å². The van der Waals surface area contributed by atoms with Gasteiger partial charge in [-0.1, -0.05) is 30.7 Å². The number of nitrogens with zero attached hydrogens (tertiary/aromatic N) is 3. The van der Waals surface area contributed by atoms with Gasteiger partial charge in [-0.05, 0) is 97.4 Å². The van der Waals surface area contributed by atoms with E-state index >= 15 is 8.78 Å². The van der Waals surface area contributed by atoms with Crippen LogP contribution in [0.5, 0.6) is 0 Å². The first-order chi connectivity index (χ1) is 19.4. The van der Waals surface area contributed by atoms with E-state index in [9.17, 15) is 17.8 Å². The van der Waals surface area contributed by atoms with Crippen molar-refractivity contribution in [3.8, 4) is 0 Å². The number of sulfone groups is 1. The zero-order valence-electron chi connectivity index (χ0n) is 25.5. The van der Waals surface area contributed by atoms with Crippen LogP contribution in [-0.2, 0) is 38.8 Å². The second-order valence-corrected chi connectivity index (χ2v) is 16.9. The second-order valence-electron chi connectivity index (χ2n) is 12.6. The van der Waals surface area contributed by atoms with Gasteiger partial charge in [0.05, 0.1) is 4.90 Å². The summed E-state index contributed by atoms with van der Waals surface area (Å²) in [5.41, 5.74) is 0.979. The number of aromatic nitrogens is 1. The van der Waals surface area contributed by atoms with Gasteiger partial charge >= 0.3 is 11.3 Å². The molecule has 42 heavy (non-hydrogen) atoms. The number of unbranched alkanes of at least 4 members (excludes halogenated alkanes) is 1. The lowest BCUT2D eigenvalue weighted by atomic mass is 10.0. The number of aryl methyl sites for hydroxylation is 2. The van der Waals surface area contributed by atoms with Gasteiger partial charge < -0.3 is 9.29 Å². The topological polar surface area (TPSA) is 103 Å². The Bertz CT molecular complexity index is 1330. The van der Waals surface area contributed by atoms with Crippen LogP contribution in [0.1, 0.15) is 78.5 Å². The first-order valence-electron chi connectivity index (χ1n) is 14.2. The van der Waals surface area contributed by atoms with Gasteiger partial charge in [-0.15, -0.1) is 4.31 Å². The fourth-order valence-electron chi connectivity index (χ4n) is 4.80. The summed E-state index contributed by atoms with van der Waals surface area (Å²) >= 11 is -1.88. The van der Waals surface area contributed by atoms with Crippen molar-refractivity contribution in [1.82, 2.24) is 9.29 Å². The number of rotatable bonds is 10. The molecule has 0 saturated carbocycles. The zero-order chi connectivity index (χ0) is 31.5. The second kappa shape index (κ2) is 13.2. The van der Waals surface area contributed by atoms with Crippen LogP contribution < -0.4 is 4.90 Å². The molecule has 2 heterocycles. The zero-order valence-corrected chi connectivity index (χ0v) is 27.2. The van der Waals surface area contributed by atoms with Gasteiger partial charge in [-0.3, -0.25) is 4.90 Å². The molecular formula is C30H43F2N3O5S2. The summed E-state index contributed by atoms with van der Waals surface area (Å²) in [4.78, 5) is 18.6. The van der Waals surface area contributed by atoms with Crippen LogP contribution in [0.15, 0.2) is 47.4 Å². The number of amides is 1. The fourth-order valence-corrected chi connectivity index (χ4v) is 7.66. The summed E-state index contributed by atoms with van der Waals surface area (Å²) in [6, 6.07) is 8.60. The van der Waals surface area contributed by atoms with Crippen LogP contribution in [0.2, 0.25) is 0 Å². The van der Waals surface area contributed by atoms with Gasteiger partial charge in [-0.2, -0.15) is 8.78 Å². The number of alkyl halides is 2. The van der Waals surface area contributed by atoms with Crippen LogP contribution in [0, 0.1) is 0 Å². The van der Waals surface area contributed by atoms with Crippen molar-refractivity contribution in [3.05, 3.63) is 53.7 Å². The normalized spacial score (nSPS) is 16.2. The minimum absolute atomic E-state index is 0.202. The summed E-state index contributed by atoms with van der Waals surface area (Å²) in [7, 11) is -3.77. The van der Waals surface area contributed by atoms with Crippen LogP contribution in [0.25, 0.3) is 0 Å². The lowest BCUT2D eigenvalue weighted by Crippen LogP contribution is -2.55. The average molecular weight is 628 g/mol. The van der Waals surface area contributed by atoms with Crippen molar-refractivity contribution in [2.45, 2.75) is 107 Å². The molecule has 12 heteroatoms. The monoisotopic (exact) mass is 627 g/mol. The van der Waals surface area contributed by atoms with Crippen molar-refractivity contribution in [1.29, 1.82) is 0 Å². The largest absolute Gasteiger partial charge is 0.597 e. The highest BCUT2D eigenvalue weighted by Crippen LogP contribution is 2.39. The number of fused-ring (bicyclic) bond motifs is 1. The van der Waals surface area contributed by atoms with Crippen LogP contribution in [0.4, 0.5) is 19.4 Å². The molecule has 2 atom stereocenters. The highest BCUT2D eigenvalue weighted by atomic mass is 32.2. The van der Waals surface area contributed by atoms with E-state index in [4.69, 9.17) is 9.72 Å². The maximum atomic E-state index is 15.9. The Morgan fingerprint density at radius 1 is 1.10 bits per heavy atom. The highest BCUT2D eigenvalue weighted by Gasteiger charge is 2.57. The summed E-state index contributed by atoms with van der Waals surface area (Å²) in [6.07, 6.45) is 2.02. The third-order valence-electron chi connectivity index (χ3n) is 6.90. The van der Waals surface area contributed by atoms with E-state index in [0.29, 0.717) is 30.9 Å². The minimum Gasteiger partial charge on any atom is -0.597 e. The van der Waals surface area contributed by atoms with Gasteiger partial charge in [-0.25, -0.2) is 18.2 Å². The molecule has 234 valence electrons. The average Bonchev–Trinajstić information content (AvgIpc) is 2.90. The molecule has 1 amide bonds. The molecule has 0 N–H and O–H groups in total. The molecule has 0 spiro atoms. The highest BCUT2D eigenvalue weighted by molar-refractivity contribution is 7.93. The van der Waals surface area contributed by atoms with Crippen LogP contribution in [-0.4, -0.2) is 63.6 Å². The molecule has 0 saturated heterocycles. The molecule has 1 unspecified atom stereocenters. The third kappa shape index (κ3) is 8.00. The van der Waals surface area contributed by atoms with Crippen molar-refractivity contribution in [3.63, 3.8) is 0 Å². The first kappa shape index (κ1) is 34.2. The Morgan fingerprint density at radius 3 is 2.33 bits per heavy atom. The first-order valence-corrected chi connectivity index (χ1v) is 16.8. The van der Waals surface area contributed by atoms with Gasteiger partial charge in [0.2, 0.25) is 9.84 Å². The van der Waals surface area contributed by atoms with E-state index in [1.165, 1.54) is 24.1 Å². The van der Waals surface area contributed by atoms with E-state index in [0.717, 1.165) is 34.8 Å². The van der Waals surface area contributed by atoms with Crippen molar-refractivity contribution in [2.75, 3.05) is 18.5 Å². The van der Waals surface area contributed by atoms with Gasteiger partial charge in [0, 0.05) is 30.6 Å². The smallest absolute Gasteiger partial charge is 0.416 e. The van der Waals surface area contributed by atoms with Gasteiger partial charge in [0.1, 0.15) is 22.2 Å². The Kier molecular flexibility index (Phi) is 10.7. The molecule has 3 rings (SSSR count). The molecule has 0 fully saturated rings. The van der Waals surface area contributed by atoms with Crippen LogP contribution >= 0.6 is 0 Å². The number of benzene rings is 1. The number of hydrogen-bond donors (Lipinski definition) is 0. The van der Waals surface area contributed by atoms with E-state index in [1.54, 1.807) is 47.6 Å². The van der Waals surface area contributed by atoms with Crippen molar-refractivity contribution in [2.24, 2.45) is 0 Å².